The monoisotopic (exact) mass is 424 g/mol. The summed E-state index contributed by atoms with van der Waals surface area (Å²) in [5, 5.41) is 9.47. The molecular formula is C21H17ClN4O2S. The molecule has 2 aromatic heterocycles. The van der Waals surface area contributed by atoms with Crippen LogP contribution in [0.4, 0.5) is 0 Å². The number of aryl methyl sites for hydroxylation is 1. The van der Waals surface area contributed by atoms with Gasteiger partial charge in [-0.1, -0.05) is 53.7 Å². The maximum atomic E-state index is 12.7. The highest BCUT2D eigenvalue weighted by molar-refractivity contribution is 7.98. The number of aromatic nitrogens is 3. The van der Waals surface area contributed by atoms with Crippen molar-refractivity contribution >= 4 is 29.3 Å². The van der Waals surface area contributed by atoms with Gasteiger partial charge in [0.05, 0.1) is 0 Å². The Morgan fingerprint density at radius 2 is 1.83 bits per heavy atom. The Balaban J connectivity index is 1.47. The molecule has 0 unspecified atom stereocenters. The van der Waals surface area contributed by atoms with Gasteiger partial charge >= 0.3 is 5.91 Å². The minimum absolute atomic E-state index is 0.196. The zero-order valence-electron chi connectivity index (χ0n) is 15.5. The van der Waals surface area contributed by atoms with Gasteiger partial charge in [-0.05, 0) is 48.9 Å². The molecule has 29 heavy (non-hydrogen) atoms. The molecule has 0 atom stereocenters. The molecule has 8 heteroatoms. The lowest BCUT2D eigenvalue weighted by atomic mass is 10.2. The van der Waals surface area contributed by atoms with E-state index in [4.69, 9.17) is 16.0 Å². The molecule has 4 rings (SSSR count). The fraction of sp³-hybridized carbons (Fsp3) is 0.0952. The van der Waals surface area contributed by atoms with E-state index in [1.165, 1.54) is 11.8 Å². The molecule has 0 fully saturated rings. The minimum atomic E-state index is -0.380. The number of nitrogens with zero attached hydrogens (tertiary/aromatic N) is 3. The van der Waals surface area contributed by atoms with E-state index >= 15 is 0 Å². The van der Waals surface area contributed by atoms with Crippen LogP contribution in [0.1, 0.15) is 21.9 Å². The average molecular weight is 425 g/mol. The summed E-state index contributed by atoms with van der Waals surface area (Å²) in [5.74, 6) is 1.71. The molecule has 0 spiro atoms. The third kappa shape index (κ3) is 4.52. The summed E-state index contributed by atoms with van der Waals surface area (Å²) in [5.41, 5.74) is 4.80. The number of benzene rings is 2. The van der Waals surface area contributed by atoms with Crippen LogP contribution in [0, 0.1) is 6.92 Å². The number of hydrogen-bond donors (Lipinski definition) is 1. The topological polar surface area (TPSA) is 73.0 Å². The lowest BCUT2D eigenvalue weighted by Crippen LogP contribution is -2.24. The van der Waals surface area contributed by atoms with Crippen molar-refractivity contribution in [3.63, 3.8) is 0 Å². The van der Waals surface area contributed by atoms with Crippen LogP contribution in [0.3, 0.4) is 0 Å². The fourth-order valence-electron chi connectivity index (χ4n) is 2.67. The smallest absolute Gasteiger partial charge is 0.305 e. The van der Waals surface area contributed by atoms with Gasteiger partial charge in [0.15, 0.2) is 5.76 Å². The Hall–Kier alpha value is -3.03. The van der Waals surface area contributed by atoms with Crippen LogP contribution in [-0.2, 0) is 5.75 Å². The molecule has 0 aliphatic rings. The van der Waals surface area contributed by atoms with Crippen molar-refractivity contribution in [3.05, 3.63) is 88.9 Å². The normalized spacial score (nSPS) is 10.8. The van der Waals surface area contributed by atoms with Gasteiger partial charge in [0.2, 0.25) is 5.16 Å². The number of nitrogens with one attached hydrogen (secondary N) is 1. The first-order valence-corrected chi connectivity index (χ1v) is 10.2. The van der Waals surface area contributed by atoms with Gasteiger partial charge in [-0.25, -0.2) is 4.68 Å². The van der Waals surface area contributed by atoms with Crippen LogP contribution < -0.4 is 5.43 Å². The van der Waals surface area contributed by atoms with Gasteiger partial charge in [-0.2, -0.15) is 0 Å². The molecule has 0 aliphatic heterocycles. The van der Waals surface area contributed by atoms with E-state index < -0.39 is 0 Å². The van der Waals surface area contributed by atoms with Crippen LogP contribution in [0.25, 0.3) is 11.3 Å². The van der Waals surface area contributed by atoms with Crippen molar-refractivity contribution in [3.8, 4) is 11.3 Å². The quantitative estimate of drug-likeness (QED) is 0.432. The van der Waals surface area contributed by atoms with Gasteiger partial charge in [0, 0.05) is 16.3 Å². The third-order valence-corrected chi connectivity index (χ3v) is 5.43. The molecule has 0 saturated heterocycles. The first kappa shape index (κ1) is 19.3. The number of hydrogen-bond acceptors (Lipinski definition) is 5. The Labute approximate surface area is 176 Å². The van der Waals surface area contributed by atoms with E-state index in [2.05, 4.69) is 15.6 Å². The Morgan fingerprint density at radius 1 is 1.07 bits per heavy atom. The highest BCUT2D eigenvalue weighted by Gasteiger charge is 2.17. The molecule has 146 valence electrons. The summed E-state index contributed by atoms with van der Waals surface area (Å²) in [4.78, 5) is 12.7. The highest BCUT2D eigenvalue weighted by Crippen LogP contribution is 2.25. The number of amides is 1. The summed E-state index contributed by atoms with van der Waals surface area (Å²) in [6.07, 6.45) is 0. The zero-order valence-corrected chi connectivity index (χ0v) is 17.1. The molecule has 0 radical (unpaired) electrons. The van der Waals surface area contributed by atoms with Gasteiger partial charge in [0.25, 0.3) is 0 Å². The Bertz CT molecular complexity index is 1120. The summed E-state index contributed by atoms with van der Waals surface area (Å²) in [7, 11) is 0. The second kappa shape index (κ2) is 8.55. The SMILES string of the molecule is Cc1nnc(SCc2ccccc2)n1NC(=O)c1ccc(-c2ccc(Cl)cc2)o1. The van der Waals surface area contributed by atoms with E-state index in [1.807, 2.05) is 42.5 Å². The van der Waals surface area contributed by atoms with Gasteiger partial charge < -0.3 is 4.42 Å². The lowest BCUT2D eigenvalue weighted by Gasteiger charge is -2.09. The van der Waals surface area contributed by atoms with E-state index in [9.17, 15) is 4.79 Å². The number of rotatable bonds is 6. The van der Waals surface area contributed by atoms with Crippen molar-refractivity contribution in [2.45, 2.75) is 17.8 Å². The second-order valence-corrected chi connectivity index (χ2v) is 7.63. The van der Waals surface area contributed by atoms with Crippen molar-refractivity contribution in [2.24, 2.45) is 0 Å². The summed E-state index contributed by atoms with van der Waals surface area (Å²) < 4.78 is 7.28. The first-order valence-electron chi connectivity index (χ1n) is 8.86. The summed E-state index contributed by atoms with van der Waals surface area (Å²) >= 11 is 7.41. The number of furan rings is 1. The predicted molar refractivity (Wildman–Crippen MR) is 114 cm³/mol. The number of halogens is 1. The third-order valence-electron chi connectivity index (χ3n) is 4.18. The van der Waals surface area contributed by atoms with Crippen LogP contribution in [0.5, 0.6) is 0 Å². The molecular weight excluding hydrogens is 408 g/mol. The van der Waals surface area contributed by atoms with Crippen LogP contribution >= 0.6 is 23.4 Å². The molecule has 2 aromatic carbocycles. The van der Waals surface area contributed by atoms with Crippen LogP contribution in [0.2, 0.25) is 5.02 Å². The standard InChI is InChI=1S/C21H17ClN4O2S/c1-14-23-24-21(29-13-15-5-3-2-4-6-15)26(14)25-20(27)19-12-11-18(28-19)16-7-9-17(22)10-8-16/h2-12H,13H2,1H3,(H,25,27). The fourth-order valence-corrected chi connectivity index (χ4v) is 3.69. The molecule has 2 heterocycles. The van der Waals surface area contributed by atoms with Gasteiger partial charge in [0.1, 0.15) is 11.6 Å². The average Bonchev–Trinajstić information content (AvgIpc) is 3.36. The van der Waals surface area contributed by atoms with Crippen molar-refractivity contribution < 1.29 is 9.21 Å². The maximum absolute atomic E-state index is 12.7. The molecule has 1 amide bonds. The van der Waals surface area contributed by atoms with Crippen molar-refractivity contribution in [1.29, 1.82) is 0 Å². The van der Waals surface area contributed by atoms with Gasteiger partial charge in [-0.15, -0.1) is 10.2 Å². The van der Waals surface area contributed by atoms with E-state index in [-0.39, 0.29) is 11.7 Å². The second-order valence-electron chi connectivity index (χ2n) is 6.25. The Morgan fingerprint density at radius 3 is 2.59 bits per heavy atom. The van der Waals surface area contributed by atoms with E-state index in [1.54, 1.807) is 35.9 Å². The molecule has 1 N–H and O–H groups in total. The maximum Gasteiger partial charge on any atom is 0.305 e. The molecule has 0 saturated carbocycles. The summed E-state index contributed by atoms with van der Waals surface area (Å²) in [6.45, 7) is 1.78. The molecule has 0 bridgehead atoms. The number of carbonyl (C=O) groups is 1. The van der Waals surface area contributed by atoms with Crippen molar-refractivity contribution in [2.75, 3.05) is 5.43 Å². The number of thioether (sulfide) groups is 1. The largest absolute Gasteiger partial charge is 0.451 e. The first-order chi connectivity index (χ1) is 14.1. The van der Waals surface area contributed by atoms with E-state index in [0.29, 0.717) is 21.8 Å². The molecule has 0 aliphatic carbocycles. The highest BCUT2D eigenvalue weighted by atomic mass is 35.5. The Kier molecular flexibility index (Phi) is 5.69. The number of carbonyl (C=O) groups excluding carboxylic acids is 1. The molecule has 4 aromatic rings. The minimum Gasteiger partial charge on any atom is -0.451 e. The van der Waals surface area contributed by atoms with E-state index in [0.717, 1.165) is 16.9 Å². The van der Waals surface area contributed by atoms with Gasteiger partial charge in [-0.3, -0.25) is 10.2 Å². The summed E-state index contributed by atoms with van der Waals surface area (Å²) in [6, 6.07) is 20.6. The van der Waals surface area contributed by atoms with Crippen LogP contribution in [-0.4, -0.2) is 20.8 Å². The molecule has 6 nitrogen and oxygen atoms in total. The van der Waals surface area contributed by atoms with Crippen molar-refractivity contribution in [1.82, 2.24) is 14.9 Å². The zero-order chi connectivity index (χ0) is 20.2. The lowest BCUT2D eigenvalue weighted by molar-refractivity contribution is 0.0980. The van der Waals surface area contributed by atoms with Crippen LogP contribution in [0.15, 0.2) is 76.3 Å². The predicted octanol–water partition coefficient (Wildman–Crippen LogP) is 5.18.